The molecule has 0 radical (unpaired) electrons. The Hall–Kier alpha value is -3.49. The number of anilines is 1. The highest BCUT2D eigenvalue weighted by Crippen LogP contribution is 2.37. The first-order chi connectivity index (χ1) is 12.0. The molecule has 1 aliphatic heterocycles. The van der Waals surface area contributed by atoms with E-state index < -0.39 is 5.91 Å². The molecule has 1 aromatic carbocycles. The molecule has 0 saturated carbocycles. The minimum atomic E-state index is -0.550. The van der Waals surface area contributed by atoms with E-state index in [0.29, 0.717) is 28.5 Å². The van der Waals surface area contributed by atoms with E-state index in [0.717, 1.165) is 5.69 Å². The minimum absolute atomic E-state index is 0.0473. The lowest BCUT2D eigenvalue weighted by atomic mass is 10.1. The second-order valence-corrected chi connectivity index (χ2v) is 5.49. The van der Waals surface area contributed by atoms with Gasteiger partial charge < -0.3 is 14.8 Å². The average Bonchev–Trinajstić information content (AvgIpc) is 3.20. The average molecular weight is 339 g/mol. The summed E-state index contributed by atoms with van der Waals surface area (Å²) in [7, 11) is 0. The lowest BCUT2D eigenvalue weighted by Crippen LogP contribution is -2.16. The Bertz CT molecular complexity index is 1030. The molecule has 0 atom stereocenters. The second kappa shape index (κ2) is 5.55. The molecule has 9 heteroatoms. The molecule has 0 unspecified atom stereocenters. The molecular weight excluding hydrogens is 326 g/mol. The maximum absolute atomic E-state index is 12.5. The van der Waals surface area contributed by atoms with Crippen LogP contribution in [0.1, 0.15) is 33.6 Å². The summed E-state index contributed by atoms with van der Waals surface area (Å²) in [5.41, 5.74) is 1.42. The van der Waals surface area contributed by atoms with Gasteiger partial charge in [0.2, 0.25) is 12.6 Å². The third-order valence-electron chi connectivity index (χ3n) is 3.77. The van der Waals surface area contributed by atoms with Gasteiger partial charge >= 0.3 is 0 Å². The molecule has 0 aliphatic carbocycles. The van der Waals surface area contributed by atoms with Crippen molar-refractivity contribution in [2.45, 2.75) is 13.8 Å². The third-order valence-corrected chi connectivity index (χ3v) is 3.77. The summed E-state index contributed by atoms with van der Waals surface area (Å²) in [5.74, 6) is 0.437. The molecule has 0 spiro atoms. The molecule has 126 valence electrons. The van der Waals surface area contributed by atoms with E-state index in [9.17, 15) is 9.59 Å². The number of benzene rings is 1. The predicted octanol–water partition coefficient (Wildman–Crippen LogP) is 1.62. The predicted molar refractivity (Wildman–Crippen MR) is 86.0 cm³/mol. The summed E-state index contributed by atoms with van der Waals surface area (Å²) in [5, 5.41) is 6.80. The van der Waals surface area contributed by atoms with Gasteiger partial charge in [-0.3, -0.25) is 9.59 Å². The maximum Gasteiger partial charge on any atom is 0.295 e. The number of carbonyl (C=O) groups excluding carboxylic acids is 2. The number of ketones is 1. The van der Waals surface area contributed by atoms with Gasteiger partial charge in [0, 0.05) is 23.5 Å². The summed E-state index contributed by atoms with van der Waals surface area (Å²) in [4.78, 5) is 32.6. The van der Waals surface area contributed by atoms with Gasteiger partial charge in [-0.25, -0.2) is 9.50 Å². The van der Waals surface area contributed by atoms with E-state index >= 15 is 0 Å². The van der Waals surface area contributed by atoms with Crippen molar-refractivity contribution >= 4 is 23.2 Å². The van der Waals surface area contributed by atoms with E-state index in [1.165, 1.54) is 11.4 Å². The largest absolute Gasteiger partial charge is 0.454 e. The Morgan fingerprint density at radius 1 is 1.24 bits per heavy atom. The maximum atomic E-state index is 12.5. The molecule has 3 heterocycles. The smallest absolute Gasteiger partial charge is 0.295 e. The highest BCUT2D eigenvalue weighted by atomic mass is 16.7. The standard InChI is InChI=1S/C16H13N5O4/c1-8-3-4-17-16-19-14(20-21(8)16)15(23)18-11-6-13-12(24-7-25-13)5-10(11)9(2)22/h3-6H,7H2,1-2H3,(H,18,23). The Kier molecular flexibility index (Phi) is 3.34. The van der Waals surface area contributed by atoms with Gasteiger partial charge in [0.1, 0.15) is 0 Å². The fourth-order valence-electron chi connectivity index (χ4n) is 2.52. The Labute approximate surface area is 141 Å². The van der Waals surface area contributed by atoms with Gasteiger partial charge in [-0.2, -0.15) is 4.98 Å². The van der Waals surface area contributed by atoms with E-state index in [1.54, 1.807) is 24.4 Å². The molecule has 1 amide bonds. The zero-order valence-electron chi connectivity index (χ0n) is 13.4. The van der Waals surface area contributed by atoms with Crippen molar-refractivity contribution in [1.82, 2.24) is 19.6 Å². The molecule has 2 aromatic heterocycles. The topological polar surface area (TPSA) is 108 Å². The van der Waals surface area contributed by atoms with Crippen LogP contribution in [-0.4, -0.2) is 38.1 Å². The van der Waals surface area contributed by atoms with Crippen molar-refractivity contribution in [2.24, 2.45) is 0 Å². The highest BCUT2D eigenvalue weighted by Gasteiger charge is 2.22. The number of aromatic nitrogens is 4. The van der Waals surface area contributed by atoms with Crippen molar-refractivity contribution in [3.63, 3.8) is 0 Å². The Morgan fingerprint density at radius 3 is 2.72 bits per heavy atom. The van der Waals surface area contributed by atoms with Crippen molar-refractivity contribution in [2.75, 3.05) is 12.1 Å². The lowest BCUT2D eigenvalue weighted by Gasteiger charge is -2.09. The minimum Gasteiger partial charge on any atom is -0.454 e. The van der Waals surface area contributed by atoms with Gasteiger partial charge in [-0.05, 0) is 26.0 Å². The quantitative estimate of drug-likeness (QED) is 0.722. The zero-order valence-corrected chi connectivity index (χ0v) is 13.4. The first-order valence-corrected chi connectivity index (χ1v) is 7.47. The van der Waals surface area contributed by atoms with Crippen molar-refractivity contribution in [3.05, 3.63) is 41.5 Å². The lowest BCUT2D eigenvalue weighted by molar-refractivity contribution is 0.101. The first kappa shape index (κ1) is 15.1. The SMILES string of the molecule is CC(=O)c1cc2c(cc1NC(=O)c1nc3nccc(C)n3n1)OCO2. The van der Waals surface area contributed by atoms with E-state index in [2.05, 4.69) is 20.4 Å². The van der Waals surface area contributed by atoms with Crippen LogP contribution < -0.4 is 14.8 Å². The van der Waals surface area contributed by atoms with E-state index in [4.69, 9.17) is 9.47 Å². The van der Waals surface area contributed by atoms with Crippen molar-refractivity contribution < 1.29 is 19.1 Å². The number of fused-ring (bicyclic) bond motifs is 2. The number of aryl methyl sites for hydroxylation is 1. The van der Waals surface area contributed by atoms with Crippen LogP contribution in [0.4, 0.5) is 5.69 Å². The summed E-state index contributed by atoms with van der Waals surface area (Å²) >= 11 is 0. The van der Waals surface area contributed by atoms with E-state index in [-0.39, 0.29) is 18.4 Å². The van der Waals surface area contributed by atoms with Gasteiger partial charge in [-0.15, -0.1) is 5.10 Å². The molecule has 0 fully saturated rings. The molecule has 1 aliphatic rings. The summed E-state index contributed by atoms with van der Waals surface area (Å²) in [6.45, 7) is 3.31. The molecule has 0 saturated heterocycles. The fourth-order valence-corrected chi connectivity index (χ4v) is 2.52. The Morgan fingerprint density at radius 2 is 2.00 bits per heavy atom. The molecule has 1 N–H and O–H groups in total. The number of nitrogens with zero attached hydrogens (tertiary/aromatic N) is 4. The Balaban J connectivity index is 1.70. The number of Topliss-reactive ketones (excluding diaryl/α,β-unsaturated/α-hetero) is 1. The van der Waals surface area contributed by atoms with Crippen molar-refractivity contribution in [3.8, 4) is 11.5 Å². The van der Waals surface area contributed by atoms with Crippen LogP contribution in [0.3, 0.4) is 0 Å². The molecule has 0 bridgehead atoms. The number of nitrogens with one attached hydrogen (secondary N) is 1. The van der Waals surface area contributed by atoms with Crippen LogP contribution in [0.2, 0.25) is 0 Å². The fraction of sp³-hybridized carbons (Fsp3) is 0.188. The number of rotatable bonds is 3. The third kappa shape index (κ3) is 2.55. The first-order valence-electron chi connectivity index (χ1n) is 7.47. The molecule has 4 rings (SSSR count). The van der Waals surface area contributed by atoms with Crippen LogP contribution >= 0.6 is 0 Å². The number of ether oxygens (including phenoxy) is 2. The molecule has 9 nitrogen and oxygen atoms in total. The molecule has 25 heavy (non-hydrogen) atoms. The highest BCUT2D eigenvalue weighted by molar-refractivity contribution is 6.08. The van der Waals surface area contributed by atoms with Gasteiger partial charge in [0.05, 0.1) is 5.69 Å². The van der Waals surface area contributed by atoms with Gasteiger partial charge in [-0.1, -0.05) is 0 Å². The normalized spacial score (nSPS) is 12.4. The van der Waals surface area contributed by atoms with Gasteiger partial charge in [0.15, 0.2) is 17.3 Å². The number of amides is 1. The monoisotopic (exact) mass is 339 g/mol. The number of hydrogen-bond acceptors (Lipinski definition) is 7. The van der Waals surface area contributed by atoms with Crippen LogP contribution in [0, 0.1) is 6.92 Å². The number of carbonyl (C=O) groups is 2. The van der Waals surface area contributed by atoms with Gasteiger partial charge in [0.25, 0.3) is 11.7 Å². The van der Waals surface area contributed by atoms with Crippen LogP contribution in [0.5, 0.6) is 11.5 Å². The summed E-state index contributed by atoms with van der Waals surface area (Å²) in [6, 6.07) is 4.86. The molecule has 3 aromatic rings. The van der Waals surface area contributed by atoms with Crippen LogP contribution in [0.15, 0.2) is 24.4 Å². The number of hydrogen-bond donors (Lipinski definition) is 1. The summed E-state index contributed by atoms with van der Waals surface area (Å²) in [6.07, 6.45) is 1.59. The molecular formula is C16H13N5O4. The summed E-state index contributed by atoms with van der Waals surface area (Å²) < 4.78 is 12.0. The second-order valence-electron chi connectivity index (χ2n) is 5.49. The zero-order chi connectivity index (χ0) is 17.6. The van der Waals surface area contributed by atoms with E-state index in [1.807, 2.05) is 6.92 Å². The van der Waals surface area contributed by atoms with Crippen LogP contribution in [0.25, 0.3) is 5.78 Å². The van der Waals surface area contributed by atoms with Crippen LogP contribution in [-0.2, 0) is 0 Å². The van der Waals surface area contributed by atoms with Crippen molar-refractivity contribution in [1.29, 1.82) is 0 Å².